The molecule has 8 nitrogen and oxygen atoms in total. The maximum Gasteiger partial charge on any atom is 0.332 e. The molecule has 34 heavy (non-hydrogen) atoms. The molecule has 0 fully saturated rings. The van der Waals surface area contributed by atoms with E-state index < -0.39 is 0 Å². The van der Waals surface area contributed by atoms with E-state index in [-0.39, 0.29) is 23.7 Å². The summed E-state index contributed by atoms with van der Waals surface area (Å²) in [5.74, 6) is 1.73. The Morgan fingerprint density at radius 3 is 2.50 bits per heavy atom. The molecule has 0 spiro atoms. The molecule has 0 radical (unpaired) electrons. The van der Waals surface area contributed by atoms with E-state index in [9.17, 15) is 9.59 Å². The largest absolute Gasteiger partial charge is 0.497 e. The van der Waals surface area contributed by atoms with Crippen molar-refractivity contribution in [1.82, 2.24) is 18.7 Å². The number of allylic oxidation sites excluding steroid dienone is 1. The fourth-order valence-corrected chi connectivity index (χ4v) is 4.50. The van der Waals surface area contributed by atoms with Crippen LogP contribution in [0.5, 0.6) is 5.75 Å². The molecule has 2 aromatic carbocycles. The van der Waals surface area contributed by atoms with Crippen LogP contribution < -0.4 is 20.9 Å². The van der Waals surface area contributed by atoms with Gasteiger partial charge >= 0.3 is 5.69 Å². The number of methoxy groups -OCH3 is 1. The number of fused-ring (bicyclic) bond motifs is 3. The standard InChI is InChI=1S/C26H27N5O3/c1-18-16-30(20-11-13-21(34-3)14-12-20)25-27-23-22(31(25)17-18)24(32)29(26(33)28(23)2)15-7-10-19-8-5-4-6-9-19/h4-14,18H,15-17H2,1-3H3/b10-7+/t18-/m0/s1. The zero-order valence-electron chi connectivity index (χ0n) is 19.5. The van der Waals surface area contributed by atoms with E-state index in [1.807, 2.05) is 71.3 Å². The summed E-state index contributed by atoms with van der Waals surface area (Å²) in [6.45, 7) is 3.76. The Balaban J connectivity index is 1.61. The van der Waals surface area contributed by atoms with Crippen molar-refractivity contribution < 1.29 is 4.74 Å². The van der Waals surface area contributed by atoms with Crippen LogP contribution in [0.4, 0.5) is 11.6 Å². The van der Waals surface area contributed by atoms with E-state index in [1.165, 1.54) is 9.13 Å². The minimum absolute atomic E-state index is 0.189. The van der Waals surface area contributed by atoms with Gasteiger partial charge in [0.1, 0.15) is 5.75 Å². The van der Waals surface area contributed by atoms with Crippen LogP contribution in [0.2, 0.25) is 0 Å². The Morgan fingerprint density at radius 2 is 1.79 bits per heavy atom. The van der Waals surface area contributed by atoms with Crippen molar-refractivity contribution in [3.05, 3.63) is 87.1 Å². The SMILES string of the molecule is COc1ccc(N2C[C@H](C)Cn3c2nc2c3c(=O)n(C/C=C/c3ccccc3)c(=O)n2C)cc1. The minimum atomic E-state index is -0.380. The van der Waals surface area contributed by atoms with Gasteiger partial charge in [-0.1, -0.05) is 49.4 Å². The summed E-state index contributed by atoms with van der Waals surface area (Å²) >= 11 is 0. The highest BCUT2D eigenvalue weighted by atomic mass is 16.5. The number of aromatic nitrogens is 4. The molecule has 174 valence electrons. The first-order valence-electron chi connectivity index (χ1n) is 11.3. The quantitative estimate of drug-likeness (QED) is 0.459. The van der Waals surface area contributed by atoms with Gasteiger partial charge in [0.05, 0.1) is 7.11 Å². The predicted molar refractivity (Wildman–Crippen MR) is 134 cm³/mol. The fourth-order valence-electron chi connectivity index (χ4n) is 4.50. The summed E-state index contributed by atoms with van der Waals surface area (Å²) in [4.78, 5) is 33.5. The molecule has 1 aliphatic heterocycles. The monoisotopic (exact) mass is 457 g/mol. The maximum absolute atomic E-state index is 13.5. The number of ether oxygens (including phenoxy) is 1. The molecule has 0 aliphatic carbocycles. The number of nitrogens with zero attached hydrogens (tertiary/aromatic N) is 5. The molecular formula is C26H27N5O3. The Hall–Kier alpha value is -4.07. The van der Waals surface area contributed by atoms with Crippen molar-refractivity contribution in [2.45, 2.75) is 20.0 Å². The van der Waals surface area contributed by atoms with Crippen LogP contribution in [-0.4, -0.2) is 32.3 Å². The zero-order valence-corrected chi connectivity index (χ0v) is 19.5. The number of rotatable bonds is 5. The Morgan fingerprint density at radius 1 is 1.06 bits per heavy atom. The number of imidazole rings is 1. The van der Waals surface area contributed by atoms with Crippen LogP contribution in [0.15, 0.2) is 70.3 Å². The van der Waals surface area contributed by atoms with Gasteiger partial charge in [0.15, 0.2) is 11.2 Å². The van der Waals surface area contributed by atoms with Gasteiger partial charge in [-0.05, 0) is 35.7 Å². The van der Waals surface area contributed by atoms with Gasteiger partial charge in [-0.15, -0.1) is 0 Å². The van der Waals surface area contributed by atoms with Gasteiger partial charge in [0.2, 0.25) is 5.95 Å². The number of hydrogen-bond acceptors (Lipinski definition) is 5. The van der Waals surface area contributed by atoms with Gasteiger partial charge in [-0.3, -0.25) is 13.9 Å². The third-order valence-corrected chi connectivity index (χ3v) is 6.22. The van der Waals surface area contributed by atoms with Crippen LogP contribution in [-0.2, 0) is 20.1 Å². The lowest BCUT2D eigenvalue weighted by Gasteiger charge is -2.33. The fraction of sp³-hybridized carbons (Fsp3) is 0.269. The summed E-state index contributed by atoms with van der Waals surface area (Å²) in [6.07, 6.45) is 3.75. The van der Waals surface area contributed by atoms with Crippen molar-refractivity contribution >= 4 is 28.9 Å². The molecule has 0 saturated heterocycles. The third-order valence-electron chi connectivity index (χ3n) is 6.22. The molecule has 5 rings (SSSR count). The lowest BCUT2D eigenvalue weighted by molar-refractivity contribution is 0.414. The van der Waals surface area contributed by atoms with Crippen LogP contribution in [0, 0.1) is 5.92 Å². The van der Waals surface area contributed by atoms with Crippen molar-refractivity contribution in [2.24, 2.45) is 13.0 Å². The van der Waals surface area contributed by atoms with E-state index >= 15 is 0 Å². The predicted octanol–water partition coefficient (Wildman–Crippen LogP) is 3.41. The van der Waals surface area contributed by atoms with Crippen LogP contribution in [0.25, 0.3) is 17.2 Å². The summed E-state index contributed by atoms with van der Waals surface area (Å²) in [6, 6.07) is 17.6. The Labute approximate surface area is 197 Å². The Bertz CT molecular complexity index is 1480. The molecule has 2 aromatic heterocycles. The topological polar surface area (TPSA) is 74.3 Å². The number of anilines is 2. The molecule has 0 bridgehead atoms. The van der Waals surface area contributed by atoms with Gasteiger partial charge < -0.3 is 14.2 Å². The molecule has 1 atom stereocenters. The van der Waals surface area contributed by atoms with Gasteiger partial charge in [-0.25, -0.2) is 4.79 Å². The molecule has 4 aromatic rings. The van der Waals surface area contributed by atoms with Gasteiger partial charge in [0, 0.05) is 32.4 Å². The van der Waals surface area contributed by atoms with Crippen molar-refractivity contribution in [3.8, 4) is 5.75 Å². The average Bonchev–Trinajstić information content (AvgIpc) is 3.24. The maximum atomic E-state index is 13.5. The van der Waals surface area contributed by atoms with Crippen LogP contribution >= 0.6 is 0 Å². The second-order valence-corrected chi connectivity index (χ2v) is 8.68. The van der Waals surface area contributed by atoms with Crippen LogP contribution in [0.3, 0.4) is 0 Å². The zero-order chi connectivity index (χ0) is 23.8. The highest BCUT2D eigenvalue weighted by molar-refractivity contribution is 5.77. The Kier molecular flexibility index (Phi) is 5.57. The molecule has 8 heteroatoms. The van der Waals surface area contributed by atoms with Crippen LogP contribution in [0.1, 0.15) is 12.5 Å². The lowest BCUT2D eigenvalue weighted by Crippen LogP contribution is -2.40. The van der Waals surface area contributed by atoms with Crippen molar-refractivity contribution in [3.63, 3.8) is 0 Å². The smallest absolute Gasteiger partial charge is 0.332 e. The number of hydrogen-bond donors (Lipinski definition) is 0. The first-order valence-corrected chi connectivity index (χ1v) is 11.3. The second-order valence-electron chi connectivity index (χ2n) is 8.68. The molecular weight excluding hydrogens is 430 g/mol. The highest BCUT2D eigenvalue weighted by Gasteiger charge is 2.29. The molecule has 0 saturated carbocycles. The summed E-state index contributed by atoms with van der Waals surface area (Å²) in [7, 11) is 3.31. The lowest BCUT2D eigenvalue weighted by atomic mass is 10.1. The normalized spacial score (nSPS) is 15.7. The number of benzene rings is 2. The first kappa shape index (κ1) is 21.8. The van der Waals surface area contributed by atoms with Gasteiger partial charge in [0.25, 0.3) is 5.56 Å². The second kappa shape index (κ2) is 8.70. The minimum Gasteiger partial charge on any atom is -0.497 e. The summed E-state index contributed by atoms with van der Waals surface area (Å²) in [5, 5.41) is 0. The highest BCUT2D eigenvalue weighted by Crippen LogP contribution is 2.33. The van der Waals surface area contributed by atoms with E-state index in [1.54, 1.807) is 14.2 Å². The molecule has 0 amide bonds. The first-order chi connectivity index (χ1) is 16.5. The average molecular weight is 458 g/mol. The van der Waals surface area contributed by atoms with E-state index in [0.717, 1.165) is 23.5 Å². The molecule has 0 unspecified atom stereocenters. The summed E-state index contributed by atoms with van der Waals surface area (Å²) in [5.41, 5.74) is 2.13. The molecule has 1 aliphatic rings. The third kappa shape index (κ3) is 3.71. The van der Waals surface area contributed by atoms with E-state index in [4.69, 9.17) is 9.72 Å². The van der Waals surface area contributed by atoms with Crippen molar-refractivity contribution in [1.29, 1.82) is 0 Å². The molecule has 0 N–H and O–H groups in total. The van der Waals surface area contributed by atoms with E-state index in [2.05, 4.69) is 11.8 Å². The van der Waals surface area contributed by atoms with Gasteiger partial charge in [-0.2, -0.15) is 4.98 Å². The summed E-state index contributed by atoms with van der Waals surface area (Å²) < 4.78 is 9.98. The number of aryl methyl sites for hydroxylation is 1. The van der Waals surface area contributed by atoms with Crippen molar-refractivity contribution in [2.75, 3.05) is 18.6 Å². The molecule has 3 heterocycles. The van der Waals surface area contributed by atoms with E-state index in [0.29, 0.717) is 23.7 Å².